The molecule has 0 aliphatic carbocycles. The van der Waals surface area contributed by atoms with Crippen LogP contribution in [0.1, 0.15) is 5.56 Å². The lowest BCUT2D eigenvalue weighted by atomic mass is 9.98. The van der Waals surface area contributed by atoms with Crippen molar-refractivity contribution in [3.63, 3.8) is 0 Å². The maximum absolute atomic E-state index is 14.5. The molecular formula is C20H14FN2O+. The normalized spacial score (nSPS) is 11.1. The summed E-state index contributed by atoms with van der Waals surface area (Å²) in [6, 6.07) is 13.1. The van der Waals surface area contributed by atoms with Gasteiger partial charge >= 0.3 is 0 Å². The molecule has 4 heteroatoms. The highest BCUT2D eigenvalue weighted by Gasteiger charge is 2.22. The second-order valence-electron chi connectivity index (χ2n) is 5.82. The Morgan fingerprint density at radius 2 is 1.96 bits per heavy atom. The Labute approximate surface area is 138 Å². The molecule has 3 nitrogen and oxygen atoms in total. The van der Waals surface area contributed by atoms with Gasteiger partial charge in [-0.25, -0.2) is 13.8 Å². The number of aromatic nitrogens is 1. The monoisotopic (exact) mass is 317 g/mol. The molecule has 24 heavy (non-hydrogen) atoms. The number of halogens is 1. The SMILES string of the molecule is [C-]#[N+]c1ccc2c(oc3ccc(C)c(-c4cccc[n+]4C)c32)c1F. The molecule has 0 radical (unpaired) electrons. The summed E-state index contributed by atoms with van der Waals surface area (Å²) >= 11 is 0. The smallest absolute Gasteiger partial charge is 0.225 e. The van der Waals surface area contributed by atoms with Crippen LogP contribution in [0.5, 0.6) is 0 Å². The average molecular weight is 317 g/mol. The van der Waals surface area contributed by atoms with Crippen LogP contribution in [-0.2, 0) is 7.05 Å². The van der Waals surface area contributed by atoms with E-state index >= 15 is 0 Å². The molecule has 0 saturated heterocycles. The van der Waals surface area contributed by atoms with Gasteiger partial charge in [0.05, 0.1) is 12.1 Å². The van der Waals surface area contributed by atoms with Crippen molar-refractivity contribution < 1.29 is 13.4 Å². The van der Waals surface area contributed by atoms with Gasteiger partial charge in [-0.3, -0.25) is 0 Å². The van der Waals surface area contributed by atoms with Gasteiger partial charge in [0.2, 0.25) is 11.4 Å². The lowest BCUT2D eigenvalue weighted by Crippen LogP contribution is -2.30. The minimum atomic E-state index is -0.597. The molecule has 2 aromatic heterocycles. The van der Waals surface area contributed by atoms with Gasteiger partial charge in [0.1, 0.15) is 12.6 Å². The van der Waals surface area contributed by atoms with E-state index < -0.39 is 5.82 Å². The minimum Gasteiger partial charge on any atom is -0.454 e. The van der Waals surface area contributed by atoms with Crippen molar-refractivity contribution >= 4 is 27.6 Å². The van der Waals surface area contributed by atoms with Crippen molar-refractivity contribution in [2.45, 2.75) is 6.92 Å². The van der Waals surface area contributed by atoms with E-state index in [0.717, 1.165) is 22.2 Å². The number of furan rings is 1. The predicted molar refractivity (Wildman–Crippen MR) is 91.3 cm³/mol. The molecule has 0 aliphatic heterocycles. The van der Waals surface area contributed by atoms with Crippen LogP contribution in [0.2, 0.25) is 0 Å². The van der Waals surface area contributed by atoms with E-state index in [-0.39, 0.29) is 11.3 Å². The highest BCUT2D eigenvalue weighted by atomic mass is 19.1. The highest BCUT2D eigenvalue weighted by molar-refractivity contribution is 6.13. The van der Waals surface area contributed by atoms with E-state index in [1.165, 1.54) is 6.07 Å². The first-order valence-corrected chi connectivity index (χ1v) is 7.58. The van der Waals surface area contributed by atoms with Crippen LogP contribution < -0.4 is 4.57 Å². The zero-order valence-electron chi connectivity index (χ0n) is 13.3. The summed E-state index contributed by atoms with van der Waals surface area (Å²) in [5.41, 5.74) is 3.87. The fourth-order valence-corrected chi connectivity index (χ4v) is 3.19. The molecule has 116 valence electrons. The second-order valence-corrected chi connectivity index (χ2v) is 5.82. The van der Waals surface area contributed by atoms with Crippen LogP contribution in [-0.4, -0.2) is 0 Å². The Hall–Kier alpha value is -3.19. The molecule has 0 N–H and O–H groups in total. The largest absolute Gasteiger partial charge is 0.454 e. The summed E-state index contributed by atoms with van der Waals surface area (Å²) in [4.78, 5) is 3.21. The summed E-state index contributed by atoms with van der Waals surface area (Å²) in [5, 5.41) is 1.57. The van der Waals surface area contributed by atoms with Crippen molar-refractivity contribution in [1.29, 1.82) is 0 Å². The van der Waals surface area contributed by atoms with Crippen molar-refractivity contribution in [3.05, 3.63) is 71.5 Å². The van der Waals surface area contributed by atoms with Crippen LogP contribution in [0.3, 0.4) is 0 Å². The molecular weight excluding hydrogens is 303 g/mol. The number of hydrogen-bond acceptors (Lipinski definition) is 1. The van der Waals surface area contributed by atoms with E-state index in [4.69, 9.17) is 11.0 Å². The van der Waals surface area contributed by atoms with Crippen LogP contribution in [0.25, 0.3) is 38.0 Å². The third-order valence-corrected chi connectivity index (χ3v) is 4.36. The molecule has 0 bridgehead atoms. The van der Waals surface area contributed by atoms with Gasteiger partial charge in [-0.05, 0) is 24.6 Å². The molecule has 4 rings (SSSR count). The first-order valence-electron chi connectivity index (χ1n) is 7.58. The number of aryl methyl sites for hydroxylation is 2. The molecule has 0 amide bonds. The molecule has 0 unspecified atom stereocenters. The fourth-order valence-electron chi connectivity index (χ4n) is 3.19. The maximum atomic E-state index is 14.5. The Balaban J connectivity index is 2.21. The van der Waals surface area contributed by atoms with Crippen LogP contribution in [0.4, 0.5) is 10.1 Å². The Bertz CT molecular complexity index is 1150. The van der Waals surface area contributed by atoms with Crippen LogP contribution in [0, 0.1) is 19.3 Å². The molecule has 0 spiro atoms. The third kappa shape index (κ3) is 1.92. The lowest BCUT2D eigenvalue weighted by Gasteiger charge is -2.06. The van der Waals surface area contributed by atoms with Gasteiger partial charge < -0.3 is 4.42 Å². The molecule has 4 aromatic rings. The van der Waals surface area contributed by atoms with Gasteiger partial charge in [0.15, 0.2) is 17.6 Å². The average Bonchev–Trinajstić information content (AvgIpc) is 2.96. The van der Waals surface area contributed by atoms with E-state index in [1.807, 2.05) is 55.1 Å². The molecule has 0 fully saturated rings. The van der Waals surface area contributed by atoms with Crippen molar-refractivity contribution in [2.24, 2.45) is 7.05 Å². The second kappa shape index (κ2) is 5.17. The van der Waals surface area contributed by atoms with Gasteiger partial charge in [-0.15, -0.1) is 0 Å². The van der Waals surface area contributed by atoms with Crippen LogP contribution in [0.15, 0.2) is 53.1 Å². The molecule has 0 atom stereocenters. The Morgan fingerprint density at radius 3 is 2.71 bits per heavy atom. The third-order valence-electron chi connectivity index (χ3n) is 4.36. The summed E-state index contributed by atoms with van der Waals surface area (Å²) in [5.74, 6) is -0.597. The maximum Gasteiger partial charge on any atom is 0.225 e. The van der Waals surface area contributed by atoms with Crippen molar-refractivity contribution in [3.8, 4) is 11.3 Å². The van der Waals surface area contributed by atoms with Crippen LogP contribution >= 0.6 is 0 Å². The fraction of sp³-hybridized carbons (Fsp3) is 0.100. The standard InChI is InChI=1S/C20H14FN2O/c1-12-7-10-16-18(17(12)15-6-4-5-11-23(15)3)13-8-9-14(22-2)19(21)20(13)24-16/h4-11H,1,3H3/q+1. The topological polar surface area (TPSA) is 21.4 Å². The van der Waals surface area contributed by atoms with E-state index in [2.05, 4.69) is 4.85 Å². The summed E-state index contributed by atoms with van der Waals surface area (Å²) in [6.45, 7) is 9.11. The Morgan fingerprint density at radius 1 is 1.12 bits per heavy atom. The Kier molecular flexibility index (Phi) is 3.10. The number of pyridine rings is 1. The molecule has 2 heterocycles. The molecule has 0 aliphatic rings. The van der Waals surface area contributed by atoms with Crippen molar-refractivity contribution in [2.75, 3.05) is 0 Å². The quantitative estimate of drug-likeness (QED) is 0.354. The van der Waals surface area contributed by atoms with Gasteiger partial charge in [-0.2, -0.15) is 0 Å². The first-order chi connectivity index (χ1) is 11.6. The predicted octanol–water partition coefficient (Wildman–Crippen LogP) is 5.08. The number of benzene rings is 2. The zero-order valence-corrected chi connectivity index (χ0v) is 13.3. The lowest BCUT2D eigenvalue weighted by molar-refractivity contribution is -0.660. The van der Waals surface area contributed by atoms with E-state index in [0.29, 0.717) is 11.0 Å². The van der Waals surface area contributed by atoms with Gasteiger partial charge in [-0.1, -0.05) is 18.2 Å². The summed E-state index contributed by atoms with van der Waals surface area (Å²) in [6.07, 6.45) is 1.98. The summed E-state index contributed by atoms with van der Waals surface area (Å²) < 4.78 is 22.3. The van der Waals surface area contributed by atoms with Crippen molar-refractivity contribution in [1.82, 2.24) is 0 Å². The number of fused-ring (bicyclic) bond motifs is 3. The van der Waals surface area contributed by atoms with E-state index in [9.17, 15) is 4.39 Å². The molecule has 0 saturated carbocycles. The highest BCUT2D eigenvalue weighted by Crippen LogP contribution is 2.40. The molecule has 2 aromatic carbocycles. The summed E-state index contributed by atoms with van der Waals surface area (Å²) in [7, 11) is 1.98. The number of hydrogen-bond donors (Lipinski definition) is 0. The van der Waals surface area contributed by atoms with E-state index in [1.54, 1.807) is 6.07 Å². The van der Waals surface area contributed by atoms with Gasteiger partial charge in [0.25, 0.3) is 0 Å². The minimum absolute atomic E-state index is 0.0231. The first kappa shape index (κ1) is 14.4. The number of rotatable bonds is 1. The zero-order chi connectivity index (χ0) is 16.8. The number of nitrogens with zero attached hydrogens (tertiary/aromatic N) is 2. The van der Waals surface area contributed by atoms with Gasteiger partial charge in [0, 0.05) is 22.9 Å².